The zero-order chi connectivity index (χ0) is 12.0. The van der Waals surface area contributed by atoms with Crippen LogP contribution in [0.25, 0.3) is 17.0 Å². The first kappa shape index (κ1) is 10.1. The number of nitrogens with zero attached hydrogens (tertiary/aromatic N) is 1. The van der Waals surface area contributed by atoms with Gasteiger partial charge in [0, 0.05) is 5.39 Å². The SMILES string of the molecule is O=C1c2cc3ccccc3nc2C=CC1(O)O. The van der Waals surface area contributed by atoms with Crippen molar-refractivity contribution in [2.45, 2.75) is 5.79 Å². The number of para-hydroxylation sites is 1. The normalized spacial score (nSPS) is 17.2. The average Bonchev–Trinajstić information content (AvgIpc) is 2.33. The predicted molar refractivity (Wildman–Crippen MR) is 62.3 cm³/mol. The van der Waals surface area contributed by atoms with Crippen molar-refractivity contribution in [3.05, 3.63) is 47.7 Å². The molecule has 17 heavy (non-hydrogen) atoms. The molecule has 2 N–H and O–H groups in total. The summed E-state index contributed by atoms with van der Waals surface area (Å²) in [5, 5.41) is 19.7. The molecule has 0 atom stereocenters. The van der Waals surface area contributed by atoms with E-state index in [9.17, 15) is 15.0 Å². The number of ketones is 1. The molecule has 0 spiro atoms. The van der Waals surface area contributed by atoms with Gasteiger partial charge >= 0.3 is 0 Å². The summed E-state index contributed by atoms with van der Waals surface area (Å²) in [6.45, 7) is 0. The van der Waals surface area contributed by atoms with Crippen LogP contribution >= 0.6 is 0 Å². The zero-order valence-corrected chi connectivity index (χ0v) is 8.79. The summed E-state index contributed by atoms with van der Waals surface area (Å²) in [5.41, 5.74) is 1.47. The summed E-state index contributed by atoms with van der Waals surface area (Å²) < 4.78 is 0. The van der Waals surface area contributed by atoms with Crippen LogP contribution in [0.15, 0.2) is 36.4 Å². The fourth-order valence-electron chi connectivity index (χ4n) is 1.91. The molecule has 0 unspecified atom stereocenters. The number of carbonyl (C=O) groups is 1. The van der Waals surface area contributed by atoms with E-state index in [0.717, 1.165) is 17.0 Å². The monoisotopic (exact) mass is 227 g/mol. The minimum absolute atomic E-state index is 0.233. The van der Waals surface area contributed by atoms with Crippen molar-refractivity contribution in [3.63, 3.8) is 0 Å². The van der Waals surface area contributed by atoms with E-state index < -0.39 is 11.6 Å². The van der Waals surface area contributed by atoms with Crippen molar-refractivity contribution in [3.8, 4) is 0 Å². The van der Waals surface area contributed by atoms with Gasteiger partial charge in [-0.15, -0.1) is 0 Å². The first-order chi connectivity index (χ1) is 8.08. The van der Waals surface area contributed by atoms with Crippen LogP contribution in [0.4, 0.5) is 0 Å². The zero-order valence-electron chi connectivity index (χ0n) is 8.79. The molecule has 0 amide bonds. The molecule has 1 heterocycles. The highest BCUT2D eigenvalue weighted by molar-refractivity contribution is 6.09. The number of hydrogen-bond acceptors (Lipinski definition) is 4. The number of carbonyl (C=O) groups excluding carboxylic acids is 1. The lowest BCUT2D eigenvalue weighted by Crippen LogP contribution is -2.38. The molecule has 0 saturated heterocycles. The maximum atomic E-state index is 11.8. The standard InChI is InChI=1S/C13H9NO3/c15-12-9-7-8-3-1-2-4-10(8)14-11(9)5-6-13(12,16)17/h1-7,16-17H. The molecule has 1 aliphatic carbocycles. The van der Waals surface area contributed by atoms with Crippen LogP contribution < -0.4 is 0 Å². The van der Waals surface area contributed by atoms with Gasteiger partial charge in [0.25, 0.3) is 0 Å². The molecule has 1 aromatic carbocycles. The highest BCUT2D eigenvalue weighted by Crippen LogP contribution is 2.26. The number of benzene rings is 1. The van der Waals surface area contributed by atoms with Crippen LogP contribution in [0.1, 0.15) is 16.1 Å². The Morgan fingerprint density at radius 1 is 1.18 bits per heavy atom. The van der Waals surface area contributed by atoms with Crippen LogP contribution in [-0.2, 0) is 0 Å². The first-order valence-corrected chi connectivity index (χ1v) is 5.16. The summed E-state index contributed by atoms with van der Waals surface area (Å²) in [5.74, 6) is -3.16. The van der Waals surface area contributed by atoms with Gasteiger partial charge in [0.15, 0.2) is 0 Å². The lowest BCUT2D eigenvalue weighted by Gasteiger charge is -2.21. The summed E-state index contributed by atoms with van der Waals surface area (Å²) in [6, 6.07) is 8.99. The average molecular weight is 227 g/mol. The van der Waals surface area contributed by atoms with Crippen molar-refractivity contribution in [2.24, 2.45) is 0 Å². The molecule has 0 fully saturated rings. The van der Waals surface area contributed by atoms with Crippen LogP contribution in [-0.4, -0.2) is 26.8 Å². The molecule has 84 valence electrons. The maximum absolute atomic E-state index is 11.8. The van der Waals surface area contributed by atoms with E-state index in [-0.39, 0.29) is 5.56 Å². The number of fused-ring (bicyclic) bond motifs is 2. The van der Waals surface area contributed by atoms with Gasteiger partial charge in [-0.3, -0.25) is 4.79 Å². The minimum Gasteiger partial charge on any atom is -0.356 e. The van der Waals surface area contributed by atoms with Crippen molar-refractivity contribution in [2.75, 3.05) is 0 Å². The van der Waals surface area contributed by atoms with E-state index in [1.807, 2.05) is 24.3 Å². The molecule has 4 nitrogen and oxygen atoms in total. The van der Waals surface area contributed by atoms with Gasteiger partial charge in [-0.05, 0) is 24.3 Å². The maximum Gasteiger partial charge on any atom is 0.249 e. The fraction of sp³-hybridized carbons (Fsp3) is 0.0769. The van der Waals surface area contributed by atoms with E-state index in [4.69, 9.17) is 0 Å². The third-order valence-electron chi connectivity index (χ3n) is 2.81. The van der Waals surface area contributed by atoms with Gasteiger partial charge in [-0.1, -0.05) is 18.2 Å². The van der Waals surface area contributed by atoms with Gasteiger partial charge in [-0.25, -0.2) is 4.98 Å². The predicted octanol–water partition coefficient (Wildman–Crippen LogP) is 1.13. The molecule has 0 saturated carbocycles. The molecular weight excluding hydrogens is 218 g/mol. The number of aliphatic hydroxyl groups is 2. The molecule has 2 aromatic rings. The number of pyridine rings is 1. The Morgan fingerprint density at radius 3 is 2.76 bits per heavy atom. The second kappa shape index (κ2) is 3.23. The smallest absolute Gasteiger partial charge is 0.249 e. The van der Waals surface area contributed by atoms with Crippen molar-refractivity contribution in [1.29, 1.82) is 0 Å². The first-order valence-electron chi connectivity index (χ1n) is 5.16. The van der Waals surface area contributed by atoms with Crippen molar-refractivity contribution in [1.82, 2.24) is 4.98 Å². The van der Waals surface area contributed by atoms with Crippen molar-refractivity contribution >= 4 is 22.8 Å². The van der Waals surface area contributed by atoms with Gasteiger partial charge in [0.2, 0.25) is 11.6 Å². The fourth-order valence-corrected chi connectivity index (χ4v) is 1.91. The van der Waals surface area contributed by atoms with Gasteiger partial charge in [0.05, 0.1) is 16.8 Å². The van der Waals surface area contributed by atoms with Gasteiger partial charge in [-0.2, -0.15) is 0 Å². The third-order valence-corrected chi connectivity index (χ3v) is 2.81. The van der Waals surface area contributed by atoms with Crippen LogP contribution in [0, 0.1) is 0 Å². The molecule has 1 aliphatic rings. The number of Topliss-reactive ketones (excluding diaryl/α,β-unsaturated/α-hetero) is 1. The van der Waals surface area contributed by atoms with Crippen LogP contribution in [0.3, 0.4) is 0 Å². The summed E-state index contributed by atoms with van der Waals surface area (Å²) in [4.78, 5) is 16.1. The molecule has 0 bridgehead atoms. The van der Waals surface area contributed by atoms with E-state index in [0.29, 0.717) is 5.69 Å². The van der Waals surface area contributed by atoms with Gasteiger partial charge in [0.1, 0.15) is 0 Å². The Morgan fingerprint density at radius 2 is 1.94 bits per heavy atom. The molecular formula is C13H9NO3. The topological polar surface area (TPSA) is 70.4 Å². The molecule has 1 aromatic heterocycles. The highest BCUT2D eigenvalue weighted by atomic mass is 16.5. The van der Waals surface area contributed by atoms with Crippen molar-refractivity contribution < 1.29 is 15.0 Å². The molecule has 4 heteroatoms. The Balaban J connectivity index is 2.32. The third kappa shape index (κ3) is 1.46. The number of rotatable bonds is 0. The summed E-state index contributed by atoms with van der Waals surface area (Å²) >= 11 is 0. The van der Waals surface area contributed by atoms with Gasteiger partial charge < -0.3 is 10.2 Å². The lowest BCUT2D eigenvalue weighted by molar-refractivity contribution is -0.0826. The Bertz CT molecular complexity index is 659. The Labute approximate surface area is 96.8 Å². The number of aromatic nitrogens is 1. The lowest BCUT2D eigenvalue weighted by atomic mass is 9.94. The largest absolute Gasteiger partial charge is 0.356 e. The second-order valence-corrected chi connectivity index (χ2v) is 4.00. The molecule has 3 rings (SSSR count). The Hall–Kier alpha value is -2.04. The molecule has 0 radical (unpaired) electrons. The second-order valence-electron chi connectivity index (χ2n) is 4.00. The summed E-state index contributed by atoms with van der Waals surface area (Å²) in [6.07, 6.45) is 2.49. The quantitative estimate of drug-likeness (QED) is 0.662. The van der Waals surface area contributed by atoms with E-state index in [1.54, 1.807) is 6.07 Å². The van der Waals surface area contributed by atoms with E-state index >= 15 is 0 Å². The summed E-state index contributed by atoms with van der Waals surface area (Å²) in [7, 11) is 0. The van der Waals surface area contributed by atoms with E-state index in [2.05, 4.69) is 4.98 Å². The van der Waals surface area contributed by atoms with Crippen LogP contribution in [0.5, 0.6) is 0 Å². The molecule has 0 aliphatic heterocycles. The highest BCUT2D eigenvalue weighted by Gasteiger charge is 2.36. The minimum atomic E-state index is -2.42. The number of hydrogen-bond donors (Lipinski definition) is 2. The van der Waals surface area contributed by atoms with Crippen LogP contribution in [0.2, 0.25) is 0 Å². The van der Waals surface area contributed by atoms with E-state index in [1.165, 1.54) is 6.08 Å². The Kier molecular flexibility index (Phi) is 1.92.